The quantitative estimate of drug-likeness (QED) is 0.914. The van der Waals surface area contributed by atoms with E-state index >= 15 is 0 Å². The van der Waals surface area contributed by atoms with Crippen LogP contribution in [0.2, 0.25) is 0 Å². The maximum Gasteiger partial charge on any atom is 0.124 e. The fourth-order valence-corrected chi connectivity index (χ4v) is 1.99. The molecule has 2 aromatic rings. The van der Waals surface area contributed by atoms with Gasteiger partial charge in [0.15, 0.2) is 0 Å². The molecule has 84 valence electrons. The van der Waals surface area contributed by atoms with E-state index in [0.717, 1.165) is 5.69 Å². The molecule has 1 heterocycles. The van der Waals surface area contributed by atoms with Gasteiger partial charge in [0.25, 0.3) is 0 Å². The minimum absolute atomic E-state index is 0.324. The van der Waals surface area contributed by atoms with Gasteiger partial charge in [0.1, 0.15) is 5.82 Å². The van der Waals surface area contributed by atoms with E-state index in [-0.39, 0.29) is 5.82 Å². The molecule has 4 nitrogen and oxygen atoms in total. The third kappa shape index (κ3) is 2.12. The van der Waals surface area contributed by atoms with Gasteiger partial charge in [-0.1, -0.05) is 21.1 Å². The first-order chi connectivity index (χ1) is 7.58. The lowest BCUT2D eigenvalue weighted by Crippen LogP contribution is -2.16. The molecule has 0 amide bonds. The van der Waals surface area contributed by atoms with Crippen molar-refractivity contribution < 1.29 is 4.39 Å². The van der Waals surface area contributed by atoms with Gasteiger partial charge in [0.2, 0.25) is 0 Å². The molecule has 0 saturated heterocycles. The highest BCUT2D eigenvalue weighted by atomic mass is 79.9. The van der Waals surface area contributed by atoms with Crippen molar-refractivity contribution in [3.05, 3.63) is 45.9 Å². The van der Waals surface area contributed by atoms with Gasteiger partial charge in [-0.15, -0.1) is 5.10 Å². The molecule has 0 aliphatic rings. The SMILES string of the molecule is Cn1nncc1C(N)c1cc(F)cc(Br)c1. The van der Waals surface area contributed by atoms with Crippen LogP contribution in [-0.2, 0) is 7.05 Å². The molecule has 1 aromatic carbocycles. The molecule has 1 unspecified atom stereocenters. The lowest BCUT2D eigenvalue weighted by molar-refractivity contribution is 0.616. The number of hydrogen-bond donors (Lipinski definition) is 1. The standard InChI is InChI=1S/C10H10BrFN4/c1-16-9(5-14-15-16)10(13)6-2-7(11)4-8(12)3-6/h2-5,10H,13H2,1H3. The van der Waals surface area contributed by atoms with Crippen molar-refractivity contribution in [2.75, 3.05) is 0 Å². The summed E-state index contributed by atoms with van der Waals surface area (Å²) >= 11 is 3.23. The molecule has 2 N–H and O–H groups in total. The first-order valence-electron chi connectivity index (χ1n) is 4.64. The second-order valence-electron chi connectivity index (χ2n) is 3.46. The highest BCUT2D eigenvalue weighted by Crippen LogP contribution is 2.22. The summed E-state index contributed by atoms with van der Waals surface area (Å²) in [5, 5.41) is 7.53. The molecule has 0 aliphatic carbocycles. The number of aryl methyl sites for hydroxylation is 1. The van der Waals surface area contributed by atoms with Crippen LogP contribution in [0.4, 0.5) is 4.39 Å². The number of halogens is 2. The molecule has 1 atom stereocenters. The van der Waals surface area contributed by atoms with Crippen LogP contribution in [0.15, 0.2) is 28.9 Å². The Morgan fingerprint density at radius 2 is 2.19 bits per heavy atom. The Morgan fingerprint density at radius 1 is 1.44 bits per heavy atom. The van der Waals surface area contributed by atoms with Gasteiger partial charge >= 0.3 is 0 Å². The average molecular weight is 285 g/mol. The van der Waals surface area contributed by atoms with E-state index in [1.165, 1.54) is 12.1 Å². The minimum Gasteiger partial charge on any atom is -0.319 e. The molecule has 6 heteroatoms. The van der Waals surface area contributed by atoms with Crippen molar-refractivity contribution in [1.29, 1.82) is 0 Å². The van der Waals surface area contributed by atoms with Crippen LogP contribution in [-0.4, -0.2) is 15.0 Å². The Kier molecular flexibility index (Phi) is 3.02. The van der Waals surface area contributed by atoms with E-state index < -0.39 is 6.04 Å². The van der Waals surface area contributed by atoms with Crippen molar-refractivity contribution in [2.24, 2.45) is 12.8 Å². The van der Waals surface area contributed by atoms with Crippen molar-refractivity contribution in [2.45, 2.75) is 6.04 Å². The molecule has 0 aliphatic heterocycles. The molecule has 1 aromatic heterocycles. The van der Waals surface area contributed by atoms with Crippen molar-refractivity contribution in [3.63, 3.8) is 0 Å². The Bertz CT molecular complexity index is 491. The van der Waals surface area contributed by atoms with Gasteiger partial charge in [0.05, 0.1) is 17.9 Å². The summed E-state index contributed by atoms with van der Waals surface area (Å²) in [5.74, 6) is -0.324. The van der Waals surface area contributed by atoms with Crippen LogP contribution < -0.4 is 5.73 Å². The van der Waals surface area contributed by atoms with E-state index in [9.17, 15) is 4.39 Å². The summed E-state index contributed by atoms with van der Waals surface area (Å²) < 4.78 is 15.4. The lowest BCUT2D eigenvalue weighted by atomic mass is 10.1. The number of aromatic nitrogens is 3. The molecule has 16 heavy (non-hydrogen) atoms. The van der Waals surface area contributed by atoms with Crippen LogP contribution in [0.25, 0.3) is 0 Å². The predicted molar refractivity (Wildman–Crippen MR) is 61.1 cm³/mol. The van der Waals surface area contributed by atoms with Gasteiger partial charge in [-0.3, -0.25) is 4.68 Å². The van der Waals surface area contributed by atoms with Crippen molar-refractivity contribution >= 4 is 15.9 Å². The maximum absolute atomic E-state index is 13.2. The second-order valence-corrected chi connectivity index (χ2v) is 4.38. The fourth-order valence-electron chi connectivity index (χ4n) is 1.50. The van der Waals surface area contributed by atoms with E-state index in [2.05, 4.69) is 26.2 Å². The normalized spacial score (nSPS) is 12.8. The predicted octanol–water partition coefficient (Wildman–Crippen LogP) is 1.76. The fraction of sp³-hybridized carbons (Fsp3) is 0.200. The van der Waals surface area contributed by atoms with Gasteiger partial charge in [-0.05, 0) is 23.8 Å². The summed E-state index contributed by atoms with van der Waals surface area (Å²) in [5.41, 5.74) is 7.42. The van der Waals surface area contributed by atoms with E-state index in [4.69, 9.17) is 5.73 Å². The molecular formula is C10H10BrFN4. The van der Waals surface area contributed by atoms with Crippen LogP contribution >= 0.6 is 15.9 Å². The molecule has 0 saturated carbocycles. The smallest absolute Gasteiger partial charge is 0.124 e. The first kappa shape index (κ1) is 11.2. The lowest BCUT2D eigenvalue weighted by Gasteiger charge is -2.12. The largest absolute Gasteiger partial charge is 0.319 e. The Labute approximate surface area is 100 Å². The molecule has 0 bridgehead atoms. The van der Waals surface area contributed by atoms with E-state index in [0.29, 0.717) is 10.0 Å². The molecular weight excluding hydrogens is 275 g/mol. The summed E-state index contributed by atoms with van der Waals surface area (Å²) in [6, 6.07) is 4.13. The van der Waals surface area contributed by atoms with Gasteiger partial charge in [-0.25, -0.2) is 4.39 Å². The summed E-state index contributed by atoms with van der Waals surface area (Å²) in [4.78, 5) is 0. The van der Waals surface area contributed by atoms with E-state index in [1.54, 1.807) is 24.0 Å². The zero-order valence-electron chi connectivity index (χ0n) is 8.56. The third-order valence-corrected chi connectivity index (χ3v) is 2.77. The van der Waals surface area contributed by atoms with Crippen LogP contribution in [0.3, 0.4) is 0 Å². The van der Waals surface area contributed by atoms with Crippen LogP contribution in [0.1, 0.15) is 17.3 Å². The third-order valence-electron chi connectivity index (χ3n) is 2.31. The average Bonchev–Trinajstić information content (AvgIpc) is 2.62. The summed E-state index contributed by atoms with van der Waals surface area (Å²) in [6.45, 7) is 0. The van der Waals surface area contributed by atoms with Crippen LogP contribution in [0, 0.1) is 5.82 Å². The highest BCUT2D eigenvalue weighted by Gasteiger charge is 2.14. The Morgan fingerprint density at radius 3 is 2.75 bits per heavy atom. The van der Waals surface area contributed by atoms with Gasteiger partial charge in [0, 0.05) is 11.5 Å². The van der Waals surface area contributed by atoms with E-state index in [1.807, 2.05) is 0 Å². The first-order valence-corrected chi connectivity index (χ1v) is 5.43. The van der Waals surface area contributed by atoms with Crippen molar-refractivity contribution in [3.8, 4) is 0 Å². The molecule has 0 radical (unpaired) electrons. The van der Waals surface area contributed by atoms with Gasteiger partial charge < -0.3 is 5.73 Å². The topological polar surface area (TPSA) is 56.7 Å². The highest BCUT2D eigenvalue weighted by molar-refractivity contribution is 9.10. The number of hydrogen-bond acceptors (Lipinski definition) is 3. The zero-order chi connectivity index (χ0) is 11.7. The summed E-state index contributed by atoms with van der Waals surface area (Å²) in [7, 11) is 1.75. The van der Waals surface area contributed by atoms with Crippen LogP contribution in [0.5, 0.6) is 0 Å². The van der Waals surface area contributed by atoms with Crippen molar-refractivity contribution in [1.82, 2.24) is 15.0 Å². The molecule has 2 rings (SSSR count). The zero-order valence-corrected chi connectivity index (χ0v) is 10.1. The number of benzene rings is 1. The summed E-state index contributed by atoms with van der Waals surface area (Å²) in [6.07, 6.45) is 1.57. The monoisotopic (exact) mass is 284 g/mol. The number of rotatable bonds is 2. The Hall–Kier alpha value is -1.27. The molecule has 0 fully saturated rings. The van der Waals surface area contributed by atoms with Gasteiger partial charge in [-0.2, -0.15) is 0 Å². The minimum atomic E-state index is -0.438. The maximum atomic E-state index is 13.2. The second kappa shape index (κ2) is 4.31. The number of nitrogens with zero attached hydrogens (tertiary/aromatic N) is 3. The Balaban J connectivity index is 2.41. The number of nitrogens with two attached hydrogens (primary N) is 1. The molecule has 0 spiro atoms.